The van der Waals surface area contributed by atoms with Crippen molar-refractivity contribution in [2.24, 2.45) is 0 Å². The fourth-order valence-corrected chi connectivity index (χ4v) is 1.54. The van der Waals surface area contributed by atoms with Crippen LogP contribution in [0.3, 0.4) is 0 Å². The maximum atomic E-state index is 11.6. The molecule has 0 aromatic rings. The summed E-state index contributed by atoms with van der Waals surface area (Å²) in [7, 11) is 0. The molecule has 0 radical (unpaired) electrons. The van der Waals surface area contributed by atoms with Gasteiger partial charge < -0.3 is 9.47 Å². The number of carbonyl (C=O) groups is 2. The second-order valence-corrected chi connectivity index (χ2v) is 4.73. The summed E-state index contributed by atoms with van der Waals surface area (Å²) in [5.74, 6) is -0.831. The molecule has 0 heterocycles. The SMILES string of the molecule is C=C(C)C(=O)OCCC(CC)(CC)OC(=O)C(=C)C. The fraction of sp³-hybridized carbons (Fsp3) is 0.600. The number of rotatable bonds is 8. The minimum atomic E-state index is -0.606. The van der Waals surface area contributed by atoms with Crippen molar-refractivity contribution in [3.8, 4) is 0 Å². The zero-order chi connectivity index (χ0) is 15.1. The van der Waals surface area contributed by atoms with Crippen molar-refractivity contribution in [2.75, 3.05) is 6.61 Å². The van der Waals surface area contributed by atoms with E-state index in [1.165, 1.54) is 0 Å². The molecule has 0 amide bonds. The van der Waals surface area contributed by atoms with Crippen molar-refractivity contribution in [1.29, 1.82) is 0 Å². The molecule has 4 nitrogen and oxygen atoms in total. The van der Waals surface area contributed by atoms with E-state index in [0.29, 0.717) is 30.4 Å². The highest BCUT2D eigenvalue weighted by Crippen LogP contribution is 2.26. The Morgan fingerprint density at radius 2 is 1.47 bits per heavy atom. The van der Waals surface area contributed by atoms with Crippen LogP contribution in [-0.4, -0.2) is 24.1 Å². The van der Waals surface area contributed by atoms with Crippen LogP contribution in [0, 0.1) is 0 Å². The molecule has 0 saturated heterocycles. The van der Waals surface area contributed by atoms with Crippen molar-refractivity contribution in [3.05, 3.63) is 24.3 Å². The third-order valence-electron chi connectivity index (χ3n) is 3.09. The van der Waals surface area contributed by atoms with Crippen molar-refractivity contribution in [1.82, 2.24) is 0 Å². The van der Waals surface area contributed by atoms with E-state index in [1.54, 1.807) is 13.8 Å². The van der Waals surface area contributed by atoms with Gasteiger partial charge in [0.1, 0.15) is 5.60 Å². The minimum Gasteiger partial charge on any atom is -0.462 e. The summed E-state index contributed by atoms with van der Waals surface area (Å²) in [6, 6.07) is 0. The molecular weight excluding hydrogens is 244 g/mol. The molecule has 0 saturated carbocycles. The average molecular weight is 268 g/mol. The Bertz CT molecular complexity index is 364. The molecular formula is C15H24O4. The van der Waals surface area contributed by atoms with Gasteiger partial charge in [-0.05, 0) is 26.7 Å². The van der Waals surface area contributed by atoms with Crippen molar-refractivity contribution < 1.29 is 19.1 Å². The van der Waals surface area contributed by atoms with E-state index in [0.717, 1.165) is 0 Å². The zero-order valence-electron chi connectivity index (χ0n) is 12.4. The minimum absolute atomic E-state index is 0.205. The summed E-state index contributed by atoms with van der Waals surface area (Å²) in [4.78, 5) is 22.9. The van der Waals surface area contributed by atoms with Crippen LogP contribution >= 0.6 is 0 Å². The molecule has 0 aromatic heterocycles. The molecule has 108 valence electrons. The summed E-state index contributed by atoms with van der Waals surface area (Å²) in [6.45, 7) is 14.4. The van der Waals surface area contributed by atoms with E-state index in [4.69, 9.17) is 9.47 Å². The van der Waals surface area contributed by atoms with Crippen molar-refractivity contribution in [3.63, 3.8) is 0 Å². The second-order valence-electron chi connectivity index (χ2n) is 4.73. The van der Waals surface area contributed by atoms with Gasteiger partial charge in [-0.25, -0.2) is 9.59 Å². The summed E-state index contributed by atoms with van der Waals surface area (Å²) in [5, 5.41) is 0. The summed E-state index contributed by atoms with van der Waals surface area (Å²) in [5.41, 5.74) is 0.119. The van der Waals surface area contributed by atoms with E-state index >= 15 is 0 Å². The maximum absolute atomic E-state index is 11.6. The highest BCUT2D eigenvalue weighted by atomic mass is 16.6. The van der Waals surface area contributed by atoms with Crippen LogP contribution in [0.5, 0.6) is 0 Å². The largest absolute Gasteiger partial charge is 0.462 e. The van der Waals surface area contributed by atoms with Crippen LogP contribution in [0.4, 0.5) is 0 Å². The first kappa shape index (κ1) is 17.4. The van der Waals surface area contributed by atoms with Crippen LogP contribution < -0.4 is 0 Å². The molecule has 0 aliphatic carbocycles. The van der Waals surface area contributed by atoms with Crippen LogP contribution in [0.1, 0.15) is 47.0 Å². The summed E-state index contributed by atoms with van der Waals surface area (Å²) in [6.07, 6.45) is 1.79. The lowest BCUT2D eigenvalue weighted by atomic mass is 9.93. The Morgan fingerprint density at radius 1 is 1.00 bits per heavy atom. The summed E-state index contributed by atoms with van der Waals surface area (Å²) < 4.78 is 10.5. The van der Waals surface area contributed by atoms with Crippen molar-refractivity contribution >= 4 is 11.9 Å². The van der Waals surface area contributed by atoms with Crippen LogP contribution in [0.2, 0.25) is 0 Å². The number of hydrogen-bond acceptors (Lipinski definition) is 4. The number of esters is 2. The lowest BCUT2D eigenvalue weighted by molar-refractivity contribution is -0.159. The fourth-order valence-electron chi connectivity index (χ4n) is 1.54. The first-order valence-corrected chi connectivity index (χ1v) is 6.49. The molecule has 0 aliphatic heterocycles. The second kappa shape index (κ2) is 7.77. The Morgan fingerprint density at radius 3 is 1.84 bits per heavy atom. The standard InChI is InChI=1S/C15H24O4/c1-7-15(8-2,19-14(17)12(5)6)9-10-18-13(16)11(3)4/h3,5,7-10H2,1-2,4,6H3. The smallest absolute Gasteiger partial charge is 0.333 e. The van der Waals surface area contributed by atoms with E-state index < -0.39 is 17.5 Å². The Labute approximate surface area is 115 Å². The molecule has 0 bridgehead atoms. The molecule has 0 spiro atoms. The van der Waals surface area contributed by atoms with Gasteiger partial charge in [0.05, 0.1) is 6.61 Å². The van der Waals surface area contributed by atoms with Gasteiger partial charge >= 0.3 is 11.9 Å². The summed E-state index contributed by atoms with van der Waals surface area (Å²) >= 11 is 0. The van der Waals surface area contributed by atoms with Crippen LogP contribution in [0.15, 0.2) is 24.3 Å². The Kier molecular flexibility index (Phi) is 7.12. The monoisotopic (exact) mass is 268 g/mol. The Hall–Kier alpha value is -1.58. The first-order valence-electron chi connectivity index (χ1n) is 6.49. The lowest BCUT2D eigenvalue weighted by Crippen LogP contribution is -2.35. The highest BCUT2D eigenvalue weighted by molar-refractivity contribution is 5.87. The number of carbonyl (C=O) groups excluding carboxylic acids is 2. The van der Waals surface area contributed by atoms with E-state index in [-0.39, 0.29) is 6.61 Å². The van der Waals surface area contributed by atoms with Gasteiger partial charge in [0.2, 0.25) is 0 Å². The molecule has 19 heavy (non-hydrogen) atoms. The van der Waals surface area contributed by atoms with Crippen LogP contribution in [-0.2, 0) is 19.1 Å². The molecule has 0 unspecified atom stereocenters. The van der Waals surface area contributed by atoms with E-state index in [1.807, 2.05) is 13.8 Å². The predicted molar refractivity (Wildman–Crippen MR) is 74.6 cm³/mol. The Balaban J connectivity index is 4.55. The zero-order valence-corrected chi connectivity index (χ0v) is 12.4. The van der Waals surface area contributed by atoms with Gasteiger partial charge in [-0.3, -0.25) is 0 Å². The molecule has 0 aliphatic rings. The highest BCUT2D eigenvalue weighted by Gasteiger charge is 2.31. The van der Waals surface area contributed by atoms with Gasteiger partial charge in [-0.15, -0.1) is 0 Å². The van der Waals surface area contributed by atoms with Gasteiger partial charge in [-0.1, -0.05) is 27.0 Å². The third kappa shape index (κ3) is 5.73. The molecule has 0 aromatic carbocycles. The predicted octanol–water partition coefficient (Wildman–Crippen LogP) is 3.17. The third-order valence-corrected chi connectivity index (χ3v) is 3.09. The number of ether oxygens (including phenoxy) is 2. The van der Waals surface area contributed by atoms with E-state index in [9.17, 15) is 9.59 Å². The maximum Gasteiger partial charge on any atom is 0.333 e. The molecule has 4 heteroatoms. The first-order chi connectivity index (χ1) is 8.78. The molecule has 0 N–H and O–H groups in total. The van der Waals surface area contributed by atoms with Gasteiger partial charge in [0.15, 0.2) is 0 Å². The quantitative estimate of drug-likeness (QED) is 0.501. The topological polar surface area (TPSA) is 52.6 Å². The lowest BCUT2D eigenvalue weighted by Gasteiger charge is -2.31. The molecule has 0 fully saturated rings. The normalized spacial score (nSPS) is 10.7. The van der Waals surface area contributed by atoms with Gasteiger partial charge in [-0.2, -0.15) is 0 Å². The molecule has 0 rings (SSSR count). The average Bonchev–Trinajstić information content (AvgIpc) is 2.36. The van der Waals surface area contributed by atoms with Gasteiger partial charge in [0.25, 0.3) is 0 Å². The molecule has 0 atom stereocenters. The van der Waals surface area contributed by atoms with Crippen LogP contribution in [0.25, 0.3) is 0 Å². The van der Waals surface area contributed by atoms with Crippen molar-refractivity contribution in [2.45, 2.75) is 52.6 Å². The van der Waals surface area contributed by atoms with E-state index in [2.05, 4.69) is 13.2 Å². The van der Waals surface area contributed by atoms with Gasteiger partial charge in [0, 0.05) is 17.6 Å². The number of hydrogen-bond donors (Lipinski definition) is 0.